The Labute approximate surface area is 120 Å². The largest absolute Gasteiger partial charge is 0.335 e. The summed E-state index contributed by atoms with van der Waals surface area (Å²) >= 11 is 3.26. The van der Waals surface area contributed by atoms with Crippen molar-refractivity contribution in [3.05, 3.63) is 39.0 Å². The van der Waals surface area contributed by atoms with E-state index in [1.54, 1.807) is 16.8 Å². The van der Waals surface area contributed by atoms with Gasteiger partial charge in [0.05, 0.1) is 5.51 Å². The zero-order chi connectivity index (χ0) is 13.1. The van der Waals surface area contributed by atoms with E-state index in [-0.39, 0.29) is 5.91 Å². The molecule has 2 aromatic rings. The van der Waals surface area contributed by atoms with Crippen LogP contribution in [0.5, 0.6) is 0 Å². The Balaban J connectivity index is 1.53. The Kier molecular flexibility index (Phi) is 3.91. The smallest absolute Gasteiger partial charge is 0.273 e. The Morgan fingerprint density at radius 3 is 2.79 bits per heavy atom. The molecular formula is C13H15N3OS2. The van der Waals surface area contributed by atoms with Gasteiger partial charge in [0.1, 0.15) is 5.69 Å². The molecule has 100 valence electrons. The molecule has 2 aromatic heterocycles. The van der Waals surface area contributed by atoms with Gasteiger partial charge in [0, 0.05) is 43.0 Å². The fraction of sp³-hybridized carbons (Fsp3) is 0.385. The van der Waals surface area contributed by atoms with E-state index in [9.17, 15) is 4.79 Å². The van der Waals surface area contributed by atoms with Crippen LogP contribution in [0.2, 0.25) is 0 Å². The van der Waals surface area contributed by atoms with E-state index >= 15 is 0 Å². The summed E-state index contributed by atoms with van der Waals surface area (Å²) in [6.45, 7) is 4.46. The van der Waals surface area contributed by atoms with Crippen LogP contribution in [0.1, 0.15) is 15.4 Å². The molecule has 1 aliphatic rings. The minimum absolute atomic E-state index is 0.0667. The van der Waals surface area contributed by atoms with Crippen molar-refractivity contribution in [2.45, 2.75) is 6.54 Å². The van der Waals surface area contributed by atoms with Gasteiger partial charge in [-0.1, -0.05) is 6.07 Å². The van der Waals surface area contributed by atoms with Crippen molar-refractivity contribution < 1.29 is 4.79 Å². The van der Waals surface area contributed by atoms with Gasteiger partial charge in [-0.3, -0.25) is 9.69 Å². The number of rotatable bonds is 3. The highest BCUT2D eigenvalue weighted by molar-refractivity contribution is 7.09. The molecule has 3 rings (SSSR count). The minimum atomic E-state index is 0.0667. The second-order valence-corrected chi connectivity index (χ2v) is 6.27. The number of thiazole rings is 1. The molecule has 0 aromatic carbocycles. The zero-order valence-corrected chi connectivity index (χ0v) is 12.1. The van der Waals surface area contributed by atoms with Crippen molar-refractivity contribution in [1.29, 1.82) is 0 Å². The molecule has 0 aliphatic carbocycles. The van der Waals surface area contributed by atoms with Gasteiger partial charge in [-0.2, -0.15) is 0 Å². The third kappa shape index (κ3) is 3.02. The SMILES string of the molecule is O=C(c1cscn1)N1CCN(Cc2cccs2)CC1. The molecule has 1 saturated heterocycles. The molecule has 1 fully saturated rings. The molecule has 0 atom stereocenters. The van der Waals surface area contributed by atoms with Gasteiger partial charge in [-0.25, -0.2) is 4.98 Å². The zero-order valence-electron chi connectivity index (χ0n) is 10.5. The van der Waals surface area contributed by atoms with Crippen LogP contribution < -0.4 is 0 Å². The van der Waals surface area contributed by atoms with Gasteiger partial charge < -0.3 is 4.90 Å². The summed E-state index contributed by atoms with van der Waals surface area (Å²) < 4.78 is 0. The molecule has 1 amide bonds. The molecule has 6 heteroatoms. The summed E-state index contributed by atoms with van der Waals surface area (Å²) in [6.07, 6.45) is 0. The van der Waals surface area contributed by atoms with Crippen LogP contribution in [-0.2, 0) is 6.54 Å². The number of thiophene rings is 1. The van der Waals surface area contributed by atoms with Crippen molar-refractivity contribution in [3.63, 3.8) is 0 Å². The van der Waals surface area contributed by atoms with Gasteiger partial charge in [0.2, 0.25) is 0 Å². The maximum Gasteiger partial charge on any atom is 0.273 e. The average Bonchev–Trinajstić information content (AvgIpc) is 3.12. The standard InChI is InChI=1S/C13H15N3OS2/c17-13(12-9-18-10-14-12)16-5-3-15(4-6-16)8-11-2-1-7-19-11/h1-2,7,9-10H,3-6,8H2. The lowest BCUT2D eigenvalue weighted by molar-refractivity contribution is 0.0624. The number of piperazine rings is 1. The molecular weight excluding hydrogens is 278 g/mol. The molecule has 3 heterocycles. The number of hydrogen-bond acceptors (Lipinski definition) is 5. The predicted octanol–water partition coefficient (Wildman–Crippen LogP) is 2.16. The van der Waals surface area contributed by atoms with E-state index in [1.807, 2.05) is 10.3 Å². The first kappa shape index (κ1) is 12.8. The lowest BCUT2D eigenvalue weighted by Gasteiger charge is -2.34. The van der Waals surface area contributed by atoms with Crippen LogP contribution in [0.25, 0.3) is 0 Å². The first-order valence-corrected chi connectivity index (χ1v) is 8.07. The van der Waals surface area contributed by atoms with Gasteiger partial charge in [0.15, 0.2) is 0 Å². The Morgan fingerprint density at radius 2 is 2.16 bits per heavy atom. The number of amides is 1. The summed E-state index contributed by atoms with van der Waals surface area (Å²) in [5, 5.41) is 3.93. The molecule has 19 heavy (non-hydrogen) atoms. The molecule has 0 bridgehead atoms. The first-order chi connectivity index (χ1) is 9.33. The van der Waals surface area contributed by atoms with Crippen LogP contribution >= 0.6 is 22.7 Å². The number of carbonyl (C=O) groups is 1. The molecule has 0 saturated carbocycles. The fourth-order valence-electron chi connectivity index (χ4n) is 2.21. The summed E-state index contributed by atoms with van der Waals surface area (Å²) in [6, 6.07) is 4.25. The number of aromatic nitrogens is 1. The Morgan fingerprint density at radius 1 is 1.32 bits per heavy atom. The molecule has 4 nitrogen and oxygen atoms in total. The number of carbonyl (C=O) groups excluding carboxylic acids is 1. The summed E-state index contributed by atoms with van der Waals surface area (Å²) in [5.41, 5.74) is 2.29. The van der Waals surface area contributed by atoms with Crippen LogP contribution in [0.4, 0.5) is 0 Å². The third-order valence-electron chi connectivity index (χ3n) is 3.27. The normalized spacial score (nSPS) is 16.7. The third-order valence-corrected chi connectivity index (χ3v) is 4.72. The predicted molar refractivity (Wildman–Crippen MR) is 77.6 cm³/mol. The average molecular weight is 293 g/mol. The maximum atomic E-state index is 12.1. The van der Waals surface area contributed by atoms with Gasteiger partial charge >= 0.3 is 0 Å². The first-order valence-electron chi connectivity index (χ1n) is 6.25. The highest BCUT2D eigenvalue weighted by Crippen LogP contribution is 2.14. The minimum Gasteiger partial charge on any atom is -0.335 e. The second kappa shape index (κ2) is 5.81. The monoisotopic (exact) mass is 293 g/mol. The molecule has 0 N–H and O–H groups in total. The molecule has 0 unspecified atom stereocenters. The Hall–Kier alpha value is -1.24. The van der Waals surface area contributed by atoms with E-state index in [0.29, 0.717) is 5.69 Å². The molecule has 1 aliphatic heterocycles. The van der Waals surface area contributed by atoms with Crippen LogP contribution in [0.15, 0.2) is 28.4 Å². The van der Waals surface area contributed by atoms with Gasteiger partial charge in [-0.05, 0) is 11.4 Å². The van der Waals surface area contributed by atoms with E-state index in [1.165, 1.54) is 16.2 Å². The van der Waals surface area contributed by atoms with Crippen LogP contribution in [0.3, 0.4) is 0 Å². The summed E-state index contributed by atoms with van der Waals surface area (Å²) in [7, 11) is 0. The van der Waals surface area contributed by atoms with Crippen molar-refractivity contribution in [3.8, 4) is 0 Å². The lowest BCUT2D eigenvalue weighted by atomic mass is 10.2. The van der Waals surface area contributed by atoms with Crippen LogP contribution in [-0.4, -0.2) is 46.9 Å². The maximum absolute atomic E-state index is 12.1. The van der Waals surface area contributed by atoms with E-state index in [0.717, 1.165) is 32.7 Å². The van der Waals surface area contributed by atoms with Gasteiger partial charge in [0.25, 0.3) is 5.91 Å². The van der Waals surface area contributed by atoms with Crippen molar-refractivity contribution in [2.24, 2.45) is 0 Å². The number of nitrogens with zero attached hydrogens (tertiary/aromatic N) is 3. The van der Waals surface area contributed by atoms with Gasteiger partial charge in [-0.15, -0.1) is 22.7 Å². The fourth-order valence-corrected chi connectivity index (χ4v) is 3.48. The quantitative estimate of drug-likeness (QED) is 0.870. The highest BCUT2D eigenvalue weighted by atomic mass is 32.1. The topological polar surface area (TPSA) is 36.4 Å². The van der Waals surface area contributed by atoms with Crippen molar-refractivity contribution in [1.82, 2.24) is 14.8 Å². The summed E-state index contributed by atoms with van der Waals surface area (Å²) in [4.78, 5) is 21.9. The van der Waals surface area contributed by atoms with E-state index < -0.39 is 0 Å². The number of hydrogen-bond donors (Lipinski definition) is 0. The Bertz CT molecular complexity index is 516. The molecule has 0 spiro atoms. The molecule has 0 radical (unpaired) electrons. The second-order valence-electron chi connectivity index (χ2n) is 4.52. The van der Waals surface area contributed by atoms with Crippen molar-refractivity contribution in [2.75, 3.05) is 26.2 Å². The highest BCUT2D eigenvalue weighted by Gasteiger charge is 2.23. The van der Waals surface area contributed by atoms with Crippen LogP contribution in [0, 0.1) is 0 Å². The van der Waals surface area contributed by atoms with Crippen molar-refractivity contribution >= 4 is 28.6 Å². The summed E-state index contributed by atoms with van der Waals surface area (Å²) in [5.74, 6) is 0.0667. The van der Waals surface area contributed by atoms with E-state index in [2.05, 4.69) is 27.4 Å². The lowest BCUT2D eigenvalue weighted by Crippen LogP contribution is -2.48. The van der Waals surface area contributed by atoms with E-state index in [4.69, 9.17) is 0 Å².